The number of hydrogen-bond donors (Lipinski definition) is 1. The van der Waals surface area contributed by atoms with Crippen LogP contribution in [0.25, 0.3) is 0 Å². The van der Waals surface area contributed by atoms with E-state index in [1.165, 1.54) is 31.2 Å². The van der Waals surface area contributed by atoms with Crippen molar-refractivity contribution in [2.75, 3.05) is 6.61 Å². The first kappa shape index (κ1) is 31.3. The van der Waals surface area contributed by atoms with Crippen molar-refractivity contribution in [3.05, 3.63) is 68.2 Å². The normalized spacial score (nSPS) is 21.8. The Labute approximate surface area is 239 Å². The van der Waals surface area contributed by atoms with Gasteiger partial charge in [-0.1, -0.05) is 29.8 Å². The van der Waals surface area contributed by atoms with E-state index in [9.17, 15) is 34.4 Å². The van der Waals surface area contributed by atoms with Gasteiger partial charge in [0.05, 0.1) is 4.92 Å². The van der Waals surface area contributed by atoms with E-state index in [1.54, 1.807) is 12.1 Å². The van der Waals surface area contributed by atoms with Crippen molar-refractivity contribution in [1.82, 2.24) is 0 Å². The molecule has 0 spiro atoms. The number of hydrogen-bond acceptors (Lipinski definition) is 12. The number of phenolic OH excluding ortho intramolecular Hbond substituents is 1. The molecule has 0 amide bonds. The van der Waals surface area contributed by atoms with Crippen LogP contribution in [0.4, 0.5) is 5.69 Å². The van der Waals surface area contributed by atoms with Gasteiger partial charge in [-0.3, -0.25) is 29.3 Å². The molecule has 13 nitrogen and oxygen atoms in total. The summed E-state index contributed by atoms with van der Waals surface area (Å²) < 4.78 is 27.7. The molecule has 1 heterocycles. The minimum absolute atomic E-state index is 0.110. The van der Waals surface area contributed by atoms with Gasteiger partial charge in [0.2, 0.25) is 0 Å². The molecule has 1 fully saturated rings. The molecule has 41 heavy (non-hydrogen) atoms. The summed E-state index contributed by atoms with van der Waals surface area (Å²) in [6, 6.07) is 8.64. The van der Waals surface area contributed by atoms with Crippen LogP contribution in [0.2, 0.25) is 5.02 Å². The molecule has 2 aromatic rings. The van der Waals surface area contributed by atoms with Gasteiger partial charge in [-0.25, -0.2) is 0 Å². The first-order valence-electron chi connectivity index (χ1n) is 12.3. The lowest BCUT2D eigenvalue weighted by Gasteiger charge is -2.44. The third-order valence-corrected chi connectivity index (χ3v) is 6.39. The quantitative estimate of drug-likeness (QED) is 0.194. The molecule has 14 heteroatoms. The molecule has 1 N–H and O–H groups in total. The molecule has 5 atom stereocenters. The van der Waals surface area contributed by atoms with E-state index in [2.05, 4.69) is 0 Å². The van der Waals surface area contributed by atoms with Crippen LogP contribution in [0.15, 0.2) is 36.4 Å². The number of nitrogens with zero attached hydrogens (tertiary/aromatic N) is 1. The van der Waals surface area contributed by atoms with Gasteiger partial charge in [0.15, 0.2) is 24.1 Å². The number of nitro benzene ring substituents is 1. The molecule has 0 aliphatic carbocycles. The van der Waals surface area contributed by atoms with Crippen molar-refractivity contribution in [3.63, 3.8) is 0 Å². The van der Waals surface area contributed by atoms with Gasteiger partial charge in [0, 0.05) is 38.8 Å². The van der Waals surface area contributed by atoms with Gasteiger partial charge in [-0.2, -0.15) is 0 Å². The summed E-state index contributed by atoms with van der Waals surface area (Å²) in [5, 5.41) is 21.4. The van der Waals surface area contributed by atoms with Crippen LogP contribution in [0.1, 0.15) is 50.5 Å². The topological polar surface area (TPSA) is 178 Å². The molecule has 0 radical (unpaired) electrons. The van der Waals surface area contributed by atoms with Gasteiger partial charge >= 0.3 is 29.6 Å². The fraction of sp³-hybridized carbons (Fsp3) is 0.407. The zero-order chi connectivity index (χ0) is 30.4. The van der Waals surface area contributed by atoms with Crippen LogP contribution in [0.5, 0.6) is 5.75 Å². The van der Waals surface area contributed by atoms with E-state index in [0.717, 1.165) is 20.8 Å². The Morgan fingerprint density at radius 3 is 2.10 bits per heavy atom. The predicted octanol–water partition coefficient (Wildman–Crippen LogP) is 3.34. The van der Waals surface area contributed by atoms with E-state index in [1.807, 2.05) is 0 Å². The zero-order valence-corrected chi connectivity index (χ0v) is 23.3. The summed E-state index contributed by atoms with van der Waals surface area (Å²) >= 11 is 6.44. The summed E-state index contributed by atoms with van der Waals surface area (Å²) in [7, 11) is 0. The lowest BCUT2D eigenvalue weighted by Crippen LogP contribution is -2.59. The van der Waals surface area contributed by atoms with Crippen molar-refractivity contribution in [3.8, 4) is 5.75 Å². The van der Waals surface area contributed by atoms with Gasteiger partial charge in [-0.05, 0) is 35.2 Å². The SMILES string of the molecule is CC(=O)OC[C@H]1OC(c2ccc(Cl)c(Cc3ccc(O)c([N+](=O)[O-])c3)c2)[C@H](OC(C)=O)[C@@H](OC(C)=O)[C@@H]1OC(C)=O. The Morgan fingerprint density at radius 2 is 1.51 bits per heavy atom. The lowest BCUT2D eigenvalue weighted by atomic mass is 9.89. The monoisotopic (exact) mass is 593 g/mol. The van der Waals surface area contributed by atoms with Crippen molar-refractivity contribution in [1.29, 1.82) is 0 Å². The number of halogens is 1. The molecule has 1 aliphatic rings. The van der Waals surface area contributed by atoms with Gasteiger partial charge in [-0.15, -0.1) is 0 Å². The highest BCUT2D eigenvalue weighted by molar-refractivity contribution is 6.31. The Hall–Kier alpha value is -4.23. The molecule has 1 aliphatic heterocycles. The van der Waals surface area contributed by atoms with E-state index >= 15 is 0 Å². The molecule has 0 saturated carbocycles. The maximum absolute atomic E-state index is 12.1. The molecular weight excluding hydrogens is 566 g/mol. The molecule has 1 saturated heterocycles. The van der Waals surface area contributed by atoms with Crippen LogP contribution in [0, 0.1) is 10.1 Å². The highest BCUT2D eigenvalue weighted by Gasteiger charge is 2.52. The third-order valence-electron chi connectivity index (χ3n) is 6.02. The van der Waals surface area contributed by atoms with Crippen LogP contribution >= 0.6 is 11.6 Å². The number of rotatable bonds is 9. The fourth-order valence-corrected chi connectivity index (χ4v) is 4.63. The average molecular weight is 594 g/mol. The molecule has 0 aromatic heterocycles. The molecule has 1 unspecified atom stereocenters. The standard InChI is InChI=1S/C27H28ClNO12/c1-13(30)37-12-23-25(38-14(2)31)27(40-16(4)33)26(39-15(3)32)24(41-23)18-6-7-20(28)19(11-18)9-17-5-8-22(34)21(10-17)29(35)36/h5-8,10-11,23-27,34H,9,12H2,1-4H3/t23-,24?,25-,26+,27+/m1/s1. The molecular formula is C27H28ClNO12. The predicted molar refractivity (Wildman–Crippen MR) is 140 cm³/mol. The number of carbonyl (C=O) groups is 4. The number of ether oxygens (including phenoxy) is 5. The maximum atomic E-state index is 12.1. The average Bonchev–Trinajstić information content (AvgIpc) is 2.86. The van der Waals surface area contributed by atoms with Crippen molar-refractivity contribution in [2.24, 2.45) is 0 Å². The first-order valence-corrected chi connectivity index (χ1v) is 12.7. The Balaban J connectivity index is 2.08. The molecule has 2 aromatic carbocycles. The maximum Gasteiger partial charge on any atom is 0.310 e. The summed E-state index contributed by atoms with van der Waals surface area (Å²) in [4.78, 5) is 58.3. The second-order valence-electron chi connectivity index (χ2n) is 9.23. The van der Waals surface area contributed by atoms with Gasteiger partial charge in [0.1, 0.15) is 18.8 Å². The van der Waals surface area contributed by atoms with Gasteiger partial charge < -0.3 is 28.8 Å². The van der Waals surface area contributed by atoms with Crippen LogP contribution in [0.3, 0.4) is 0 Å². The molecule has 220 valence electrons. The zero-order valence-electron chi connectivity index (χ0n) is 22.5. The Bertz CT molecular complexity index is 1350. The van der Waals surface area contributed by atoms with Crippen molar-refractivity contribution >= 4 is 41.2 Å². The largest absolute Gasteiger partial charge is 0.502 e. The summed E-state index contributed by atoms with van der Waals surface area (Å²) in [6.07, 6.45) is -6.11. The van der Waals surface area contributed by atoms with E-state index < -0.39 is 70.8 Å². The lowest BCUT2D eigenvalue weighted by molar-refractivity contribution is -0.385. The minimum atomic E-state index is -1.35. The fourth-order valence-electron chi connectivity index (χ4n) is 4.45. The highest BCUT2D eigenvalue weighted by atomic mass is 35.5. The second kappa shape index (κ2) is 13.4. The number of carbonyl (C=O) groups excluding carboxylic acids is 4. The summed E-state index contributed by atoms with van der Waals surface area (Å²) in [5.74, 6) is -3.39. The van der Waals surface area contributed by atoms with Crippen LogP contribution in [-0.4, -0.2) is 64.9 Å². The molecule has 3 rings (SSSR count). The first-order chi connectivity index (χ1) is 19.3. The number of aromatic hydroxyl groups is 1. The third kappa shape index (κ3) is 8.14. The van der Waals surface area contributed by atoms with E-state index in [0.29, 0.717) is 21.7 Å². The summed E-state index contributed by atoms with van der Waals surface area (Å²) in [6.45, 7) is 4.17. The van der Waals surface area contributed by atoms with E-state index in [-0.39, 0.29) is 13.0 Å². The van der Waals surface area contributed by atoms with E-state index in [4.69, 9.17) is 35.3 Å². The number of nitro groups is 1. The number of phenols is 1. The van der Waals surface area contributed by atoms with Crippen LogP contribution in [-0.2, 0) is 49.3 Å². The van der Waals surface area contributed by atoms with Crippen molar-refractivity contribution in [2.45, 2.75) is 64.6 Å². The smallest absolute Gasteiger partial charge is 0.310 e. The Morgan fingerprint density at radius 1 is 0.902 bits per heavy atom. The number of benzene rings is 2. The van der Waals surface area contributed by atoms with Crippen LogP contribution < -0.4 is 0 Å². The second-order valence-corrected chi connectivity index (χ2v) is 9.63. The van der Waals surface area contributed by atoms with Crippen molar-refractivity contribution < 1.29 is 52.9 Å². The van der Waals surface area contributed by atoms with Gasteiger partial charge in [0.25, 0.3) is 0 Å². The molecule has 0 bridgehead atoms. The number of esters is 4. The minimum Gasteiger partial charge on any atom is -0.502 e. The Kier molecular flexibility index (Phi) is 10.2. The highest BCUT2D eigenvalue weighted by Crippen LogP contribution is 2.39. The summed E-state index contributed by atoms with van der Waals surface area (Å²) in [5.41, 5.74) is 0.886.